The van der Waals surface area contributed by atoms with Crippen molar-refractivity contribution >= 4 is 17.9 Å². The number of aromatic hydroxyl groups is 1. The molecule has 1 N–H and O–H groups in total. The van der Waals surface area contributed by atoms with Crippen LogP contribution in [0.2, 0.25) is 0 Å². The first-order chi connectivity index (χ1) is 15.0. The van der Waals surface area contributed by atoms with Gasteiger partial charge in [0.1, 0.15) is 0 Å². The number of fused-ring (bicyclic) bond motifs is 2. The number of carbonyl (C=O) groups excluding carboxylic acids is 2. The molecule has 1 amide bonds. The molecule has 2 aromatic carbocycles. The number of halogens is 1. The minimum Gasteiger partial charge on any atom is -0.504 e. The molecule has 7 heteroatoms. The number of hydrogen-bond acceptors (Lipinski definition) is 5. The van der Waals surface area contributed by atoms with E-state index in [-0.39, 0.29) is 22.6 Å². The normalized spacial score (nSPS) is 19.6. The van der Waals surface area contributed by atoms with E-state index in [4.69, 9.17) is 4.74 Å². The summed E-state index contributed by atoms with van der Waals surface area (Å²) in [6, 6.07) is 8.82. The summed E-state index contributed by atoms with van der Waals surface area (Å²) < 4.78 is 20.2. The molecule has 6 nitrogen and oxygen atoms in total. The van der Waals surface area contributed by atoms with Crippen molar-refractivity contribution in [2.75, 3.05) is 31.1 Å². The zero-order chi connectivity index (χ0) is 21.6. The molecule has 2 saturated heterocycles. The van der Waals surface area contributed by atoms with E-state index in [0.29, 0.717) is 38.8 Å². The van der Waals surface area contributed by atoms with Gasteiger partial charge in [-0.25, -0.2) is 4.39 Å². The summed E-state index contributed by atoms with van der Waals surface area (Å²) in [5, 5.41) is 9.58. The van der Waals surface area contributed by atoms with Gasteiger partial charge >= 0.3 is 0 Å². The molecular formula is C24H25FN2O4. The minimum atomic E-state index is -0.969. The predicted molar refractivity (Wildman–Crippen MR) is 113 cm³/mol. The average Bonchev–Trinajstić information content (AvgIpc) is 3.45. The van der Waals surface area contributed by atoms with Crippen molar-refractivity contribution in [3.63, 3.8) is 0 Å². The lowest BCUT2D eigenvalue weighted by Gasteiger charge is -2.39. The fourth-order valence-corrected chi connectivity index (χ4v) is 5.11. The van der Waals surface area contributed by atoms with Crippen LogP contribution in [0, 0.1) is 5.82 Å². The Labute approximate surface area is 180 Å². The maximum absolute atomic E-state index is 13.9. The number of carbonyl (C=O) groups is 2. The van der Waals surface area contributed by atoms with Crippen LogP contribution in [0.15, 0.2) is 30.3 Å². The number of hydrogen-bond donors (Lipinski definition) is 1. The van der Waals surface area contributed by atoms with Crippen molar-refractivity contribution in [1.82, 2.24) is 4.90 Å². The Hall–Kier alpha value is -2.93. The average molecular weight is 424 g/mol. The molecule has 0 bridgehead atoms. The second kappa shape index (κ2) is 7.64. The zero-order valence-corrected chi connectivity index (χ0v) is 17.3. The number of phenols is 1. The number of aldehydes is 1. The maximum Gasteiger partial charge on any atom is 0.253 e. The van der Waals surface area contributed by atoms with Gasteiger partial charge in [0.15, 0.2) is 17.9 Å². The summed E-state index contributed by atoms with van der Waals surface area (Å²) in [4.78, 5) is 28.0. The standard InChI is InChI=1S/C24H25FN2O4/c25-21-13-16(11-17(14-28)22(21)29)23(30)27-9-5-24(6-10-27)20-4-3-19(12-18(20)15-31-24)26-7-1-2-8-26/h3-4,11-14,29H,1-2,5-10,15H2. The molecule has 2 fully saturated rings. The number of ether oxygens (including phenoxy) is 1. The van der Waals surface area contributed by atoms with Crippen molar-refractivity contribution in [3.05, 3.63) is 58.4 Å². The van der Waals surface area contributed by atoms with Gasteiger partial charge in [-0.15, -0.1) is 0 Å². The molecule has 3 heterocycles. The number of rotatable bonds is 3. The third-order valence-electron chi connectivity index (χ3n) is 6.88. The second-order valence-corrected chi connectivity index (χ2v) is 8.62. The number of likely N-dealkylation sites (tertiary alicyclic amines) is 1. The highest BCUT2D eigenvalue weighted by atomic mass is 19.1. The van der Waals surface area contributed by atoms with Crippen molar-refractivity contribution < 1.29 is 23.8 Å². The lowest BCUT2D eigenvalue weighted by molar-refractivity contribution is -0.0741. The fourth-order valence-electron chi connectivity index (χ4n) is 5.11. The SMILES string of the molecule is O=Cc1cc(C(=O)N2CCC3(CC2)OCc2cc(N4CCCC4)ccc23)cc(F)c1O. The Morgan fingerprint density at radius 3 is 2.55 bits per heavy atom. The molecule has 0 unspecified atom stereocenters. The van der Waals surface area contributed by atoms with E-state index in [0.717, 1.165) is 19.2 Å². The van der Waals surface area contributed by atoms with Crippen LogP contribution >= 0.6 is 0 Å². The zero-order valence-electron chi connectivity index (χ0n) is 17.3. The summed E-state index contributed by atoms with van der Waals surface area (Å²) in [5.74, 6) is -2.05. The second-order valence-electron chi connectivity index (χ2n) is 8.62. The highest BCUT2D eigenvalue weighted by Crippen LogP contribution is 2.45. The van der Waals surface area contributed by atoms with Crippen molar-refractivity contribution in [1.29, 1.82) is 0 Å². The Balaban J connectivity index is 1.32. The van der Waals surface area contributed by atoms with Crippen molar-refractivity contribution in [2.24, 2.45) is 0 Å². The van der Waals surface area contributed by atoms with Gasteiger partial charge in [-0.1, -0.05) is 6.07 Å². The molecule has 1 spiro atoms. The number of phenolic OH excluding ortho intramolecular Hbond substituents is 1. The van der Waals surface area contributed by atoms with Crippen LogP contribution in [0.25, 0.3) is 0 Å². The highest BCUT2D eigenvalue weighted by molar-refractivity contribution is 5.96. The van der Waals surface area contributed by atoms with Gasteiger partial charge < -0.3 is 19.6 Å². The molecule has 0 saturated carbocycles. The molecular weight excluding hydrogens is 399 g/mol. The molecule has 5 rings (SSSR count). The number of anilines is 1. The molecule has 3 aliphatic rings. The van der Waals surface area contributed by atoms with Crippen molar-refractivity contribution in [3.8, 4) is 5.75 Å². The fraction of sp³-hybridized carbons (Fsp3) is 0.417. The summed E-state index contributed by atoms with van der Waals surface area (Å²) in [7, 11) is 0. The van der Waals surface area contributed by atoms with Crippen LogP contribution < -0.4 is 4.90 Å². The molecule has 0 aliphatic carbocycles. The summed E-state index contributed by atoms with van der Waals surface area (Å²) in [6.45, 7) is 3.74. The molecule has 0 aromatic heterocycles. The van der Waals surface area contributed by atoms with Gasteiger partial charge in [-0.05, 0) is 61.1 Å². The predicted octanol–water partition coefficient (Wildman–Crippen LogP) is 3.61. The summed E-state index contributed by atoms with van der Waals surface area (Å²) in [5.41, 5.74) is 3.14. The monoisotopic (exact) mass is 424 g/mol. The van der Waals surface area contributed by atoms with Crippen LogP contribution in [0.1, 0.15) is 57.5 Å². The van der Waals surface area contributed by atoms with E-state index in [2.05, 4.69) is 23.1 Å². The smallest absolute Gasteiger partial charge is 0.253 e. The quantitative estimate of drug-likeness (QED) is 0.763. The van der Waals surface area contributed by atoms with Gasteiger partial charge in [0, 0.05) is 37.4 Å². The van der Waals surface area contributed by atoms with Crippen LogP contribution in [-0.2, 0) is 16.9 Å². The number of piperidine rings is 1. The molecule has 162 valence electrons. The maximum atomic E-state index is 13.9. The van der Waals surface area contributed by atoms with E-state index in [1.165, 1.54) is 35.7 Å². The topological polar surface area (TPSA) is 70.1 Å². The Morgan fingerprint density at radius 1 is 1.10 bits per heavy atom. The number of benzene rings is 2. The minimum absolute atomic E-state index is 0.0661. The van der Waals surface area contributed by atoms with Crippen LogP contribution in [0.3, 0.4) is 0 Å². The van der Waals surface area contributed by atoms with Gasteiger partial charge in [0.2, 0.25) is 0 Å². The molecule has 3 aliphatic heterocycles. The molecule has 0 atom stereocenters. The molecule has 0 radical (unpaired) electrons. The third kappa shape index (κ3) is 3.37. The van der Waals surface area contributed by atoms with E-state index in [1.807, 2.05) is 0 Å². The third-order valence-corrected chi connectivity index (χ3v) is 6.88. The van der Waals surface area contributed by atoms with Crippen LogP contribution in [-0.4, -0.2) is 48.4 Å². The number of amides is 1. The first-order valence-electron chi connectivity index (χ1n) is 10.8. The van der Waals surface area contributed by atoms with Gasteiger partial charge in [0.25, 0.3) is 5.91 Å². The van der Waals surface area contributed by atoms with E-state index < -0.39 is 11.6 Å². The van der Waals surface area contributed by atoms with E-state index in [1.54, 1.807) is 4.90 Å². The molecule has 2 aromatic rings. The first kappa shape index (κ1) is 20.0. The van der Waals surface area contributed by atoms with E-state index in [9.17, 15) is 19.1 Å². The highest BCUT2D eigenvalue weighted by Gasteiger charge is 2.43. The Bertz CT molecular complexity index is 1040. The lowest BCUT2D eigenvalue weighted by Crippen LogP contribution is -2.45. The Morgan fingerprint density at radius 2 is 1.84 bits per heavy atom. The summed E-state index contributed by atoms with van der Waals surface area (Å²) >= 11 is 0. The van der Waals surface area contributed by atoms with Crippen molar-refractivity contribution in [2.45, 2.75) is 37.9 Å². The summed E-state index contributed by atoms with van der Waals surface area (Å²) in [6.07, 6.45) is 4.15. The van der Waals surface area contributed by atoms with Gasteiger partial charge in [-0.2, -0.15) is 0 Å². The van der Waals surface area contributed by atoms with Gasteiger partial charge in [-0.3, -0.25) is 9.59 Å². The number of nitrogens with zero attached hydrogens (tertiary/aromatic N) is 2. The molecule has 31 heavy (non-hydrogen) atoms. The largest absolute Gasteiger partial charge is 0.504 e. The lowest BCUT2D eigenvalue weighted by atomic mass is 9.83. The Kier molecular flexibility index (Phi) is 4.93. The van der Waals surface area contributed by atoms with Crippen LogP contribution in [0.5, 0.6) is 5.75 Å². The first-order valence-corrected chi connectivity index (χ1v) is 10.8. The van der Waals surface area contributed by atoms with Gasteiger partial charge in [0.05, 0.1) is 17.8 Å². The van der Waals surface area contributed by atoms with E-state index >= 15 is 0 Å². The van der Waals surface area contributed by atoms with Crippen LogP contribution in [0.4, 0.5) is 10.1 Å².